The molecule has 0 bridgehead atoms. The van der Waals surface area contributed by atoms with Gasteiger partial charge in [-0.05, 0) is 53.9 Å². The number of nitrogens with zero attached hydrogens (tertiary/aromatic N) is 2. The summed E-state index contributed by atoms with van der Waals surface area (Å²) in [6.45, 7) is 11.3. The minimum atomic E-state index is -3.43. The van der Waals surface area contributed by atoms with Crippen LogP contribution in [-0.2, 0) is 20.7 Å². The van der Waals surface area contributed by atoms with E-state index < -0.39 is 18.4 Å². The van der Waals surface area contributed by atoms with Crippen molar-refractivity contribution in [1.29, 1.82) is 0 Å². The van der Waals surface area contributed by atoms with Crippen molar-refractivity contribution in [2.24, 2.45) is 0 Å². The molecule has 0 aliphatic rings. The van der Waals surface area contributed by atoms with Crippen molar-refractivity contribution >= 4 is 51.5 Å². The van der Waals surface area contributed by atoms with E-state index in [2.05, 4.69) is 55.2 Å². The summed E-state index contributed by atoms with van der Waals surface area (Å²) < 4.78 is 34.6. The van der Waals surface area contributed by atoms with Gasteiger partial charge in [-0.3, -0.25) is 4.18 Å². The van der Waals surface area contributed by atoms with Gasteiger partial charge in [0, 0.05) is 16.6 Å². The molecule has 0 saturated heterocycles. The van der Waals surface area contributed by atoms with Crippen LogP contribution in [-0.4, -0.2) is 39.6 Å². The summed E-state index contributed by atoms with van der Waals surface area (Å²) in [6, 6.07) is 18.1. The Balaban J connectivity index is 1.52. The topological polar surface area (TPSA) is 90.4 Å². The normalized spacial score (nSPS) is 12.6. The molecule has 0 spiro atoms. The van der Waals surface area contributed by atoms with Crippen molar-refractivity contribution in [2.75, 3.05) is 18.2 Å². The molecule has 0 fully saturated rings. The molecular formula is C27H33N3O4S2Si. The molecule has 0 aliphatic heterocycles. The molecule has 0 atom stereocenters. The summed E-state index contributed by atoms with van der Waals surface area (Å²) >= 11 is 1.63. The second-order valence-electron chi connectivity index (χ2n) is 10.5. The minimum absolute atomic E-state index is 0.116. The molecule has 2 heterocycles. The van der Waals surface area contributed by atoms with Gasteiger partial charge in [0.25, 0.3) is 10.1 Å². The summed E-state index contributed by atoms with van der Waals surface area (Å²) in [4.78, 5) is 10.1. The van der Waals surface area contributed by atoms with E-state index in [9.17, 15) is 8.42 Å². The third kappa shape index (κ3) is 6.95. The number of anilines is 2. The first-order valence-electron chi connectivity index (χ1n) is 12.1. The molecule has 0 amide bonds. The Hall–Kier alpha value is -2.79. The highest BCUT2D eigenvalue weighted by Gasteiger charge is 2.39. The maximum absolute atomic E-state index is 11.2. The lowest BCUT2D eigenvalue weighted by Crippen LogP contribution is -2.43. The van der Waals surface area contributed by atoms with Crippen molar-refractivity contribution in [2.45, 2.75) is 45.3 Å². The van der Waals surface area contributed by atoms with Gasteiger partial charge < -0.3 is 9.74 Å². The van der Waals surface area contributed by atoms with Gasteiger partial charge in [-0.15, -0.1) is 11.3 Å². The highest BCUT2D eigenvalue weighted by Crippen LogP contribution is 2.39. The molecule has 196 valence electrons. The lowest BCUT2D eigenvalue weighted by atomic mass is 10.1. The van der Waals surface area contributed by atoms with Gasteiger partial charge in [0.1, 0.15) is 12.1 Å². The fourth-order valence-corrected chi connectivity index (χ4v) is 5.92. The molecule has 7 nitrogen and oxygen atoms in total. The fourth-order valence-electron chi connectivity index (χ4n) is 3.45. The van der Waals surface area contributed by atoms with E-state index in [0.29, 0.717) is 6.42 Å². The third-order valence-corrected chi connectivity index (χ3v) is 12.6. The SMILES string of the molecule is CC(C)(C)[Si](C)(C)Oc1cccc(Nc2ncnc3cc(-c4ccc(CCOS(C)(=O)=O)cc4)sc23)c1. The molecular weight excluding hydrogens is 523 g/mol. The van der Waals surface area contributed by atoms with E-state index in [1.807, 2.05) is 48.5 Å². The molecule has 37 heavy (non-hydrogen) atoms. The molecule has 0 radical (unpaired) electrons. The maximum atomic E-state index is 11.2. The van der Waals surface area contributed by atoms with Crippen molar-refractivity contribution in [3.8, 4) is 16.2 Å². The Kier molecular flexibility index (Phi) is 7.75. The molecule has 2 aromatic carbocycles. The summed E-state index contributed by atoms with van der Waals surface area (Å²) in [5, 5.41) is 3.57. The van der Waals surface area contributed by atoms with E-state index in [1.54, 1.807) is 17.7 Å². The standard InChI is InChI=1S/C27H33N3O4S2Si/c1-27(2,3)37(5,6)34-22-9-7-8-21(16-22)30-26-25-23(28-18-29-26)17-24(35-25)20-12-10-19(11-13-20)14-15-33-36(4,31)32/h7-13,16-18H,14-15H2,1-6H3,(H,28,29,30). The monoisotopic (exact) mass is 555 g/mol. The van der Waals surface area contributed by atoms with E-state index in [-0.39, 0.29) is 11.6 Å². The Bertz CT molecular complexity index is 1490. The molecule has 10 heteroatoms. The fraction of sp³-hybridized carbons (Fsp3) is 0.333. The van der Waals surface area contributed by atoms with Gasteiger partial charge >= 0.3 is 0 Å². The Labute approximate surface area is 224 Å². The molecule has 1 N–H and O–H groups in total. The summed E-state index contributed by atoms with van der Waals surface area (Å²) in [5.41, 5.74) is 3.85. The molecule has 4 aromatic rings. The number of fused-ring (bicyclic) bond motifs is 1. The highest BCUT2D eigenvalue weighted by molar-refractivity contribution is 7.85. The number of aromatic nitrogens is 2. The van der Waals surface area contributed by atoms with E-state index >= 15 is 0 Å². The lowest BCUT2D eigenvalue weighted by Gasteiger charge is -2.36. The minimum Gasteiger partial charge on any atom is -0.543 e. The Morgan fingerprint density at radius 3 is 2.43 bits per heavy atom. The average molecular weight is 556 g/mol. The third-order valence-electron chi connectivity index (χ3n) is 6.51. The van der Waals surface area contributed by atoms with Gasteiger partial charge in [0.15, 0.2) is 5.82 Å². The predicted octanol–water partition coefficient (Wildman–Crippen LogP) is 7.00. The van der Waals surface area contributed by atoms with Gasteiger partial charge in [-0.25, -0.2) is 9.97 Å². The van der Waals surface area contributed by atoms with Crippen LogP contribution in [0.3, 0.4) is 0 Å². The van der Waals surface area contributed by atoms with Crippen LogP contribution < -0.4 is 9.74 Å². The first-order valence-corrected chi connectivity index (χ1v) is 17.6. The zero-order chi connectivity index (χ0) is 26.8. The van der Waals surface area contributed by atoms with Crippen molar-refractivity contribution in [3.05, 3.63) is 66.5 Å². The van der Waals surface area contributed by atoms with Gasteiger partial charge in [0.05, 0.1) is 23.1 Å². The Morgan fingerprint density at radius 1 is 1.03 bits per heavy atom. The maximum Gasteiger partial charge on any atom is 0.264 e. The van der Waals surface area contributed by atoms with Crippen LogP contribution in [0.15, 0.2) is 60.9 Å². The van der Waals surface area contributed by atoms with Crippen molar-refractivity contribution in [3.63, 3.8) is 0 Å². The summed E-state index contributed by atoms with van der Waals surface area (Å²) in [6.07, 6.45) is 3.16. The van der Waals surface area contributed by atoms with Crippen LogP contribution in [0.1, 0.15) is 26.3 Å². The number of thiophene rings is 1. The van der Waals surface area contributed by atoms with Crippen LogP contribution in [0.25, 0.3) is 20.7 Å². The predicted molar refractivity (Wildman–Crippen MR) is 155 cm³/mol. The molecule has 0 aliphatic carbocycles. The number of rotatable bonds is 9. The second-order valence-corrected chi connectivity index (χ2v) is 18.0. The molecule has 0 unspecified atom stereocenters. The second kappa shape index (κ2) is 10.5. The summed E-state index contributed by atoms with van der Waals surface area (Å²) in [5.74, 6) is 1.61. The van der Waals surface area contributed by atoms with Gasteiger partial charge in [0.2, 0.25) is 8.32 Å². The highest BCUT2D eigenvalue weighted by atomic mass is 32.2. The van der Waals surface area contributed by atoms with Crippen LogP contribution in [0, 0.1) is 0 Å². The van der Waals surface area contributed by atoms with Crippen molar-refractivity contribution < 1.29 is 17.0 Å². The first-order chi connectivity index (χ1) is 17.3. The van der Waals surface area contributed by atoms with Crippen molar-refractivity contribution in [1.82, 2.24) is 9.97 Å². The average Bonchev–Trinajstić information content (AvgIpc) is 3.23. The van der Waals surface area contributed by atoms with Crippen LogP contribution in [0.4, 0.5) is 11.5 Å². The number of hydrogen-bond donors (Lipinski definition) is 1. The zero-order valence-corrected chi connectivity index (χ0v) is 24.7. The van der Waals surface area contributed by atoms with Gasteiger partial charge in [-0.1, -0.05) is 51.1 Å². The van der Waals surface area contributed by atoms with Crippen LogP contribution >= 0.6 is 11.3 Å². The van der Waals surface area contributed by atoms with Crippen LogP contribution in [0.5, 0.6) is 5.75 Å². The largest absolute Gasteiger partial charge is 0.543 e. The van der Waals surface area contributed by atoms with Crippen LogP contribution in [0.2, 0.25) is 18.1 Å². The number of hydrogen-bond acceptors (Lipinski definition) is 8. The lowest BCUT2D eigenvalue weighted by molar-refractivity contribution is 0.326. The van der Waals surface area contributed by atoms with E-state index in [0.717, 1.165) is 49.7 Å². The number of nitrogens with one attached hydrogen (secondary N) is 1. The zero-order valence-electron chi connectivity index (χ0n) is 22.0. The quantitative estimate of drug-likeness (QED) is 0.176. The molecule has 4 rings (SSSR count). The molecule has 0 saturated carbocycles. The van der Waals surface area contributed by atoms with E-state index in [1.165, 1.54) is 0 Å². The first kappa shape index (κ1) is 27.2. The molecule has 2 aromatic heterocycles. The summed E-state index contributed by atoms with van der Waals surface area (Å²) in [7, 11) is -5.37. The smallest absolute Gasteiger partial charge is 0.264 e. The number of benzene rings is 2. The van der Waals surface area contributed by atoms with E-state index in [4.69, 9.17) is 8.61 Å². The Morgan fingerprint density at radius 2 is 1.76 bits per heavy atom. The van der Waals surface area contributed by atoms with Gasteiger partial charge in [-0.2, -0.15) is 8.42 Å².